The Balaban J connectivity index is 3.00. The highest BCUT2D eigenvalue weighted by Gasteiger charge is 2.18. The molecule has 1 amide bonds. The highest BCUT2D eigenvalue weighted by atomic mass is 79.9. The maximum absolute atomic E-state index is 11.3. The zero-order valence-electron chi connectivity index (χ0n) is 9.44. The van der Waals surface area contributed by atoms with Gasteiger partial charge in [-0.05, 0) is 22.9 Å². The van der Waals surface area contributed by atoms with E-state index in [4.69, 9.17) is 5.11 Å². The predicted octanol–water partition coefficient (Wildman–Crippen LogP) is 1.98. The summed E-state index contributed by atoms with van der Waals surface area (Å²) in [5.41, 5.74) is 0.0713. The van der Waals surface area contributed by atoms with Gasteiger partial charge in [0.2, 0.25) is 0 Å². The molecule has 1 rings (SSSR count). The summed E-state index contributed by atoms with van der Waals surface area (Å²) in [5, 5.41) is 11.1. The maximum Gasteiger partial charge on any atom is 0.413 e. The smallest absolute Gasteiger partial charge is 0.413 e. The topological polar surface area (TPSA) is 101 Å². The van der Waals surface area contributed by atoms with Crippen LogP contribution in [0.5, 0.6) is 0 Å². The largest absolute Gasteiger partial charge is 0.476 e. The van der Waals surface area contributed by atoms with Crippen LogP contribution in [0.2, 0.25) is 0 Å². The monoisotopic (exact) mass is 315 g/mol. The molecular formula is C10H10BrN3O4. The third-order valence-electron chi connectivity index (χ3n) is 1.77. The number of aromatic nitrogens is 2. The van der Waals surface area contributed by atoms with Gasteiger partial charge in [0, 0.05) is 0 Å². The van der Waals surface area contributed by atoms with Crippen LogP contribution in [0.3, 0.4) is 0 Å². The van der Waals surface area contributed by atoms with Gasteiger partial charge in [0.15, 0.2) is 11.5 Å². The second-order valence-electron chi connectivity index (χ2n) is 3.11. The van der Waals surface area contributed by atoms with Crippen LogP contribution in [0.4, 0.5) is 10.6 Å². The maximum atomic E-state index is 11.3. The molecule has 0 unspecified atom stereocenters. The molecule has 0 aliphatic heterocycles. The Hall–Kier alpha value is -1.96. The van der Waals surface area contributed by atoms with Gasteiger partial charge in [-0.15, -0.1) is 0 Å². The molecule has 2 N–H and O–H groups in total. The van der Waals surface area contributed by atoms with Gasteiger partial charge in [-0.25, -0.2) is 19.6 Å². The summed E-state index contributed by atoms with van der Waals surface area (Å²) in [4.78, 5) is 29.9. The fourth-order valence-electron chi connectivity index (χ4n) is 1.00. The summed E-state index contributed by atoms with van der Waals surface area (Å²) >= 11 is 3.06. The lowest BCUT2D eigenvalue weighted by Crippen LogP contribution is -2.19. The molecule has 0 bridgehead atoms. The van der Waals surface area contributed by atoms with Gasteiger partial charge in [0.05, 0.1) is 5.69 Å². The van der Waals surface area contributed by atoms with Crippen molar-refractivity contribution < 1.29 is 19.4 Å². The summed E-state index contributed by atoms with van der Waals surface area (Å²) in [6.45, 7) is 5.00. The van der Waals surface area contributed by atoms with E-state index < -0.39 is 12.1 Å². The van der Waals surface area contributed by atoms with E-state index in [1.165, 1.54) is 6.08 Å². The van der Waals surface area contributed by atoms with Crippen molar-refractivity contribution in [3.63, 3.8) is 0 Å². The van der Waals surface area contributed by atoms with Crippen molar-refractivity contribution in [2.75, 3.05) is 11.9 Å². The van der Waals surface area contributed by atoms with Crippen molar-refractivity contribution in [2.24, 2.45) is 0 Å². The van der Waals surface area contributed by atoms with Crippen LogP contribution in [0, 0.1) is 6.92 Å². The normalized spacial score (nSPS) is 9.67. The lowest BCUT2D eigenvalue weighted by molar-refractivity contribution is 0.0691. The van der Waals surface area contributed by atoms with Crippen molar-refractivity contribution in [2.45, 2.75) is 6.92 Å². The minimum Gasteiger partial charge on any atom is -0.476 e. The van der Waals surface area contributed by atoms with Crippen LogP contribution in [-0.2, 0) is 4.74 Å². The average molecular weight is 316 g/mol. The Bertz CT molecular complexity index is 504. The average Bonchev–Trinajstić information content (AvgIpc) is 2.30. The van der Waals surface area contributed by atoms with Crippen LogP contribution in [0.15, 0.2) is 17.3 Å². The van der Waals surface area contributed by atoms with Gasteiger partial charge in [-0.1, -0.05) is 12.7 Å². The fourth-order valence-corrected chi connectivity index (χ4v) is 1.27. The quantitative estimate of drug-likeness (QED) is 0.824. The number of carbonyl (C=O) groups excluding carboxylic acids is 1. The van der Waals surface area contributed by atoms with Gasteiger partial charge in [-0.2, -0.15) is 0 Å². The highest BCUT2D eigenvalue weighted by Crippen LogP contribution is 2.18. The van der Waals surface area contributed by atoms with E-state index in [9.17, 15) is 9.59 Å². The molecule has 1 aromatic rings. The molecule has 96 valence electrons. The summed E-state index contributed by atoms with van der Waals surface area (Å²) in [6.07, 6.45) is 0.560. The molecule has 0 fully saturated rings. The molecule has 7 nitrogen and oxygen atoms in total. The number of halogens is 1. The number of anilines is 1. The number of hydrogen-bond donors (Lipinski definition) is 2. The van der Waals surface area contributed by atoms with E-state index in [2.05, 4.69) is 42.5 Å². The number of amides is 1. The van der Waals surface area contributed by atoms with Gasteiger partial charge in [0.1, 0.15) is 11.2 Å². The Labute approximate surface area is 111 Å². The minimum atomic E-state index is -1.30. The number of hydrogen-bond acceptors (Lipinski definition) is 5. The van der Waals surface area contributed by atoms with E-state index in [0.717, 1.165) is 0 Å². The Morgan fingerprint density at radius 2 is 2.22 bits per heavy atom. The number of aryl methyl sites for hydroxylation is 1. The molecule has 0 radical (unpaired) electrons. The van der Waals surface area contributed by atoms with Crippen LogP contribution in [-0.4, -0.2) is 33.7 Å². The van der Waals surface area contributed by atoms with Crippen molar-refractivity contribution in [3.05, 3.63) is 28.6 Å². The molecule has 0 aliphatic carbocycles. The van der Waals surface area contributed by atoms with Crippen molar-refractivity contribution in [3.8, 4) is 0 Å². The third kappa shape index (κ3) is 3.52. The second kappa shape index (κ2) is 6.10. The van der Waals surface area contributed by atoms with E-state index in [1.807, 2.05) is 0 Å². The molecule has 0 aromatic carbocycles. The minimum absolute atomic E-state index is 0.0111. The number of aromatic carboxylic acids is 1. The Morgan fingerprint density at radius 3 is 2.78 bits per heavy atom. The molecule has 0 atom stereocenters. The summed E-state index contributed by atoms with van der Waals surface area (Å²) in [6, 6.07) is 0. The first-order valence-corrected chi connectivity index (χ1v) is 5.57. The number of nitrogens with one attached hydrogen (secondary N) is 1. The number of rotatable bonds is 4. The lowest BCUT2D eigenvalue weighted by Gasteiger charge is -2.08. The number of ether oxygens (including phenoxy) is 1. The predicted molar refractivity (Wildman–Crippen MR) is 66.6 cm³/mol. The van der Waals surface area contributed by atoms with E-state index in [-0.39, 0.29) is 18.1 Å². The number of carbonyl (C=O) groups is 2. The first-order chi connectivity index (χ1) is 8.45. The second-order valence-corrected chi connectivity index (χ2v) is 3.87. The molecule has 0 saturated carbocycles. The van der Waals surface area contributed by atoms with Crippen molar-refractivity contribution in [1.29, 1.82) is 0 Å². The fraction of sp³-hybridized carbons (Fsp3) is 0.200. The van der Waals surface area contributed by atoms with Gasteiger partial charge in [0.25, 0.3) is 0 Å². The zero-order valence-corrected chi connectivity index (χ0v) is 11.0. The Morgan fingerprint density at radius 1 is 1.56 bits per heavy atom. The van der Waals surface area contributed by atoms with E-state index in [1.54, 1.807) is 6.92 Å². The summed E-state index contributed by atoms with van der Waals surface area (Å²) < 4.78 is 4.96. The molecule has 0 saturated heterocycles. The standard InChI is InChI=1S/C10H10BrN3O4/c1-3-4-18-10(17)14-8-6(9(15)16)13-7(11)5(2)12-8/h3H,1,4H2,2H3,(H,15,16)(H,12,14,17). The number of carboxylic acid groups (broad SMARTS) is 1. The van der Waals surface area contributed by atoms with Crippen LogP contribution >= 0.6 is 15.9 Å². The van der Waals surface area contributed by atoms with Crippen molar-refractivity contribution >= 4 is 33.8 Å². The number of carboxylic acids is 1. The summed E-state index contributed by atoms with van der Waals surface area (Å²) in [5.74, 6) is -1.47. The van der Waals surface area contributed by atoms with E-state index in [0.29, 0.717) is 10.3 Å². The molecule has 0 aliphatic rings. The van der Waals surface area contributed by atoms with Gasteiger partial charge < -0.3 is 9.84 Å². The molecule has 1 heterocycles. The van der Waals surface area contributed by atoms with Crippen molar-refractivity contribution in [1.82, 2.24) is 9.97 Å². The van der Waals surface area contributed by atoms with E-state index >= 15 is 0 Å². The molecular weight excluding hydrogens is 306 g/mol. The van der Waals surface area contributed by atoms with Crippen LogP contribution < -0.4 is 5.32 Å². The molecule has 8 heteroatoms. The van der Waals surface area contributed by atoms with Crippen LogP contribution in [0.1, 0.15) is 16.2 Å². The third-order valence-corrected chi connectivity index (χ3v) is 2.52. The Kier molecular flexibility index (Phi) is 4.78. The van der Waals surface area contributed by atoms with Crippen LogP contribution in [0.25, 0.3) is 0 Å². The van der Waals surface area contributed by atoms with Gasteiger partial charge in [-0.3, -0.25) is 5.32 Å². The molecule has 18 heavy (non-hydrogen) atoms. The molecule has 0 spiro atoms. The number of nitrogens with zero attached hydrogens (tertiary/aromatic N) is 2. The zero-order chi connectivity index (χ0) is 13.7. The highest BCUT2D eigenvalue weighted by molar-refractivity contribution is 9.10. The summed E-state index contributed by atoms with van der Waals surface area (Å²) in [7, 11) is 0. The SMILES string of the molecule is C=CCOC(=O)Nc1nc(C)c(Br)nc1C(=O)O. The lowest BCUT2D eigenvalue weighted by atomic mass is 10.4. The molecule has 1 aromatic heterocycles. The first-order valence-electron chi connectivity index (χ1n) is 4.77. The van der Waals surface area contributed by atoms with Gasteiger partial charge >= 0.3 is 12.1 Å². The first kappa shape index (κ1) is 14.1.